The van der Waals surface area contributed by atoms with Crippen molar-refractivity contribution in [1.82, 2.24) is 9.97 Å². The van der Waals surface area contributed by atoms with Gasteiger partial charge in [0, 0.05) is 6.20 Å². The molecule has 0 atom stereocenters. The van der Waals surface area contributed by atoms with Gasteiger partial charge in [0.1, 0.15) is 17.6 Å². The summed E-state index contributed by atoms with van der Waals surface area (Å²) in [5.41, 5.74) is 0.251. The fraction of sp³-hybridized carbons (Fsp3) is 0.154. The van der Waals surface area contributed by atoms with E-state index in [4.69, 9.17) is 5.26 Å². The molecule has 2 aromatic rings. The van der Waals surface area contributed by atoms with Gasteiger partial charge in [-0.15, -0.1) is 0 Å². The van der Waals surface area contributed by atoms with Gasteiger partial charge in [-0.25, -0.2) is 4.98 Å². The van der Waals surface area contributed by atoms with E-state index >= 15 is 0 Å². The summed E-state index contributed by atoms with van der Waals surface area (Å²) in [6.45, 7) is 1.77. The third-order valence-corrected chi connectivity index (χ3v) is 2.60. The number of rotatable bonds is 2. The molecule has 0 amide bonds. The molecule has 2 heterocycles. The van der Waals surface area contributed by atoms with Gasteiger partial charge in [0.15, 0.2) is 0 Å². The van der Waals surface area contributed by atoms with Crippen LogP contribution in [0.25, 0.3) is 0 Å². The molecule has 0 aliphatic rings. The highest BCUT2D eigenvalue weighted by molar-refractivity contribution is 5.64. The first-order valence-electron chi connectivity index (χ1n) is 5.58. The van der Waals surface area contributed by atoms with Crippen molar-refractivity contribution >= 4 is 11.5 Å². The second kappa shape index (κ2) is 5.17. The number of hydrogen-bond donors (Lipinski definition) is 1. The van der Waals surface area contributed by atoms with Crippen LogP contribution in [0.4, 0.5) is 24.7 Å². The molecule has 0 aromatic carbocycles. The molecule has 7 heteroatoms. The van der Waals surface area contributed by atoms with Crippen molar-refractivity contribution in [2.24, 2.45) is 0 Å². The highest BCUT2D eigenvalue weighted by Gasteiger charge is 2.33. The quantitative estimate of drug-likeness (QED) is 0.914. The van der Waals surface area contributed by atoms with E-state index in [-0.39, 0.29) is 11.4 Å². The summed E-state index contributed by atoms with van der Waals surface area (Å²) in [5.74, 6) is -0.140. The average Bonchev–Trinajstić information content (AvgIpc) is 2.40. The standard InChI is InChI=1S/C13H9F3N4/c1-8-4-5-18-7-10(8)19-12-9(6-17)2-3-11(20-12)13(14,15)16/h2-5,7H,1H3,(H,19,20). The largest absolute Gasteiger partial charge is 0.433 e. The molecular formula is C13H9F3N4. The van der Waals surface area contributed by atoms with E-state index in [2.05, 4.69) is 15.3 Å². The first-order valence-corrected chi connectivity index (χ1v) is 5.58. The van der Waals surface area contributed by atoms with E-state index in [1.54, 1.807) is 25.3 Å². The minimum absolute atomic E-state index is 0.0289. The molecule has 2 aromatic heterocycles. The lowest BCUT2D eigenvalue weighted by Gasteiger charge is -2.12. The summed E-state index contributed by atoms with van der Waals surface area (Å²) in [4.78, 5) is 7.34. The average molecular weight is 278 g/mol. The van der Waals surface area contributed by atoms with Gasteiger partial charge in [-0.1, -0.05) is 0 Å². The molecule has 0 unspecified atom stereocenters. The predicted octanol–water partition coefficient (Wildman–Crippen LogP) is 3.42. The first kappa shape index (κ1) is 13.8. The van der Waals surface area contributed by atoms with Crippen molar-refractivity contribution in [2.45, 2.75) is 13.1 Å². The molecular weight excluding hydrogens is 269 g/mol. The molecule has 20 heavy (non-hydrogen) atoms. The molecule has 0 saturated heterocycles. The summed E-state index contributed by atoms with van der Waals surface area (Å²) >= 11 is 0. The number of alkyl halides is 3. The van der Waals surface area contributed by atoms with Crippen molar-refractivity contribution in [3.8, 4) is 6.07 Å². The number of hydrogen-bond acceptors (Lipinski definition) is 4. The number of nitrogens with one attached hydrogen (secondary N) is 1. The number of aromatic nitrogens is 2. The fourth-order valence-corrected chi connectivity index (χ4v) is 1.52. The van der Waals surface area contributed by atoms with Crippen LogP contribution in [-0.2, 0) is 6.18 Å². The molecule has 4 nitrogen and oxygen atoms in total. The Bertz CT molecular complexity index is 674. The molecule has 2 rings (SSSR count). The Morgan fingerprint density at radius 1 is 1.25 bits per heavy atom. The lowest BCUT2D eigenvalue weighted by molar-refractivity contribution is -0.141. The zero-order chi connectivity index (χ0) is 14.8. The summed E-state index contributed by atoms with van der Waals surface area (Å²) in [6, 6.07) is 5.36. The molecule has 0 saturated carbocycles. The molecule has 0 fully saturated rings. The van der Waals surface area contributed by atoms with Crippen molar-refractivity contribution in [2.75, 3.05) is 5.32 Å². The third kappa shape index (κ3) is 2.85. The maximum absolute atomic E-state index is 12.6. The summed E-state index contributed by atoms with van der Waals surface area (Å²) in [7, 11) is 0. The monoisotopic (exact) mass is 278 g/mol. The molecule has 0 aliphatic heterocycles. The lowest BCUT2D eigenvalue weighted by Crippen LogP contribution is -2.10. The molecule has 0 aliphatic carbocycles. The van der Waals surface area contributed by atoms with Gasteiger partial charge in [-0.3, -0.25) is 4.98 Å². The Kier molecular flexibility index (Phi) is 3.57. The summed E-state index contributed by atoms with van der Waals surface area (Å²) in [5, 5.41) is 11.6. The normalized spacial score (nSPS) is 10.9. The smallest absolute Gasteiger partial charge is 0.338 e. The van der Waals surface area contributed by atoms with Gasteiger partial charge < -0.3 is 5.32 Å². The van der Waals surface area contributed by atoms with Crippen LogP contribution in [0.15, 0.2) is 30.6 Å². The van der Waals surface area contributed by atoms with Crippen LogP contribution in [0, 0.1) is 18.3 Å². The topological polar surface area (TPSA) is 61.6 Å². The maximum atomic E-state index is 12.6. The van der Waals surface area contributed by atoms with Gasteiger partial charge in [-0.2, -0.15) is 18.4 Å². The Hall–Kier alpha value is -2.62. The van der Waals surface area contributed by atoms with Crippen LogP contribution < -0.4 is 5.32 Å². The van der Waals surface area contributed by atoms with Crippen molar-refractivity contribution in [1.29, 1.82) is 5.26 Å². The van der Waals surface area contributed by atoms with Gasteiger partial charge in [0.25, 0.3) is 0 Å². The molecule has 0 bridgehead atoms. The Labute approximate surface area is 112 Å². The number of aryl methyl sites for hydroxylation is 1. The van der Waals surface area contributed by atoms with Gasteiger partial charge in [-0.05, 0) is 30.7 Å². The number of halogens is 3. The Morgan fingerprint density at radius 2 is 2.00 bits per heavy atom. The van der Waals surface area contributed by atoms with E-state index in [1.165, 1.54) is 6.20 Å². The van der Waals surface area contributed by atoms with Crippen LogP contribution in [0.2, 0.25) is 0 Å². The van der Waals surface area contributed by atoms with Crippen molar-refractivity contribution in [3.05, 3.63) is 47.4 Å². The second-order valence-corrected chi connectivity index (χ2v) is 4.02. The first-order chi connectivity index (χ1) is 9.41. The zero-order valence-corrected chi connectivity index (χ0v) is 10.4. The number of nitriles is 1. The van der Waals surface area contributed by atoms with Crippen molar-refractivity contribution in [3.63, 3.8) is 0 Å². The Morgan fingerprint density at radius 3 is 2.60 bits per heavy atom. The third-order valence-electron chi connectivity index (χ3n) is 2.60. The number of pyridine rings is 2. The van der Waals surface area contributed by atoms with Crippen LogP contribution >= 0.6 is 0 Å². The number of nitrogens with zero attached hydrogens (tertiary/aromatic N) is 3. The molecule has 102 valence electrons. The van der Waals surface area contributed by atoms with Crippen LogP contribution in [0.3, 0.4) is 0 Å². The van der Waals surface area contributed by atoms with E-state index in [0.29, 0.717) is 5.69 Å². The minimum atomic E-state index is -4.56. The second-order valence-electron chi connectivity index (χ2n) is 4.02. The van der Waals surface area contributed by atoms with E-state index in [0.717, 1.165) is 17.7 Å². The lowest BCUT2D eigenvalue weighted by atomic mass is 10.2. The van der Waals surface area contributed by atoms with E-state index in [9.17, 15) is 13.2 Å². The molecule has 0 spiro atoms. The van der Waals surface area contributed by atoms with Crippen LogP contribution in [0.1, 0.15) is 16.8 Å². The number of anilines is 2. The van der Waals surface area contributed by atoms with Gasteiger partial charge in [0.2, 0.25) is 0 Å². The van der Waals surface area contributed by atoms with Gasteiger partial charge >= 0.3 is 6.18 Å². The SMILES string of the molecule is Cc1ccncc1Nc1nc(C(F)(F)F)ccc1C#N. The van der Waals surface area contributed by atoms with Crippen molar-refractivity contribution < 1.29 is 13.2 Å². The molecule has 1 N–H and O–H groups in total. The van der Waals surface area contributed by atoms with Gasteiger partial charge in [0.05, 0.1) is 17.4 Å². The molecule has 0 radical (unpaired) electrons. The Balaban J connectivity index is 2.45. The van der Waals surface area contributed by atoms with E-state index in [1.807, 2.05) is 0 Å². The van der Waals surface area contributed by atoms with Crippen LogP contribution in [0.5, 0.6) is 0 Å². The summed E-state index contributed by atoms with van der Waals surface area (Å²) in [6.07, 6.45) is -1.54. The summed E-state index contributed by atoms with van der Waals surface area (Å²) < 4.78 is 37.9. The minimum Gasteiger partial charge on any atom is -0.338 e. The van der Waals surface area contributed by atoms with E-state index < -0.39 is 11.9 Å². The van der Waals surface area contributed by atoms with Crippen LogP contribution in [-0.4, -0.2) is 9.97 Å². The maximum Gasteiger partial charge on any atom is 0.433 e. The highest BCUT2D eigenvalue weighted by atomic mass is 19.4. The predicted molar refractivity (Wildman–Crippen MR) is 66.2 cm³/mol. The fourth-order valence-electron chi connectivity index (χ4n) is 1.52. The zero-order valence-electron chi connectivity index (χ0n) is 10.4. The highest BCUT2D eigenvalue weighted by Crippen LogP contribution is 2.30.